The van der Waals surface area contributed by atoms with Crippen molar-refractivity contribution in [3.05, 3.63) is 83.9 Å². The number of rotatable bonds is 14. The SMILES string of the molecule is COc1ccc(S(=O)(=O)N(C/C(N)=N/N)Cc2ccccc2CN(C/C(=N/N)NN)S(=O)(=O)c2ccc(OC)cc2)cc1. The molecule has 43 heavy (non-hydrogen) atoms. The van der Waals surface area contributed by atoms with Crippen molar-refractivity contribution in [1.82, 2.24) is 14.0 Å². The van der Waals surface area contributed by atoms with Crippen molar-refractivity contribution in [2.75, 3.05) is 27.3 Å². The topological polar surface area (TPSA) is 234 Å². The molecule has 0 spiro atoms. The normalized spacial score (nSPS) is 12.9. The lowest BCUT2D eigenvalue weighted by Gasteiger charge is -2.26. The fourth-order valence-electron chi connectivity index (χ4n) is 4.00. The number of benzene rings is 3. The molecule has 0 fully saturated rings. The third-order valence-electron chi connectivity index (χ3n) is 6.36. The summed E-state index contributed by atoms with van der Waals surface area (Å²) < 4.78 is 67.4. The van der Waals surface area contributed by atoms with Gasteiger partial charge in [-0.3, -0.25) is 0 Å². The van der Waals surface area contributed by atoms with Crippen LogP contribution in [0.4, 0.5) is 0 Å². The number of ether oxygens (including phenoxy) is 2. The minimum absolute atomic E-state index is 0.00907. The number of nitrogens with zero attached hydrogens (tertiary/aromatic N) is 4. The third kappa shape index (κ3) is 8.11. The summed E-state index contributed by atoms with van der Waals surface area (Å²) in [5.41, 5.74) is 9.13. The van der Waals surface area contributed by atoms with E-state index in [1.807, 2.05) is 0 Å². The molecule has 0 aliphatic rings. The molecule has 0 aliphatic carbocycles. The molecule has 0 saturated heterocycles. The highest BCUT2D eigenvalue weighted by atomic mass is 32.2. The molecule has 0 unspecified atom stereocenters. The van der Waals surface area contributed by atoms with Gasteiger partial charge in [0.2, 0.25) is 20.0 Å². The van der Waals surface area contributed by atoms with E-state index < -0.39 is 20.0 Å². The van der Waals surface area contributed by atoms with Crippen LogP contribution in [0.3, 0.4) is 0 Å². The molecule has 0 atom stereocenters. The van der Waals surface area contributed by atoms with Gasteiger partial charge in [0.15, 0.2) is 5.84 Å². The van der Waals surface area contributed by atoms with E-state index in [4.69, 9.17) is 32.7 Å². The summed E-state index contributed by atoms with van der Waals surface area (Å²) in [5, 5.41) is 6.97. The fraction of sp³-hybridized carbons (Fsp3) is 0.231. The molecule has 3 aromatic rings. The molecule has 3 rings (SSSR count). The van der Waals surface area contributed by atoms with Gasteiger partial charge in [0, 0.05) is 13.1 Å². The summed E-state index contributed by atoms with van der Waals surface area (Å²) in [7, 11) is -5.33. The van der Waals surface area contributed by atoms with Gasteiger partial charge in [0.05, 0.1) is 37.1 Å². The molecule has 232 valence electrons. The number of hydrazine groups is 1. The molecule has 9 N–H and O–H groups in total. The minimum Gasteiger partial charge on any atom is -0.497 e. The van der Waals surface area contributed by atoms with Gasteiger partial charge < -0.3 is 32.3 Å². The number of nitrogens with two attached hydrogens (primary N) is 4. The molecule has 0 aliphatic heterocycles. The predicted octanol–water partition coefficient (Wildman–Crippen LogP) is 0.0520. The van der Waals surface area contributed by atoms with Gasteiger partial charge in [-0.2, -0.15) is 18.8 Å². The molecule has 0 heterocycles. The highest BCUT2D eigenvalue weighted by Crippen LogP contribution is 2.25. The molecular weight excluding hydrogens is 598 g/mol. The highest BCUT2D eigenvalue weighted by molar-refractivity contribution is 7.89. The Morgan fingerprint density at radius 3 is 1.49 bits per heavy atom. The van der Waals surface area contributed by atoms with Crippen molar-refractivity contribution in [3.63, 3.8) is 0 Å². The maximum atomic E-state index is 13.8. The van der Waals surface area contributed by atoms with Crippen molar-refractivity contribution < 1.29 is 26.3 Å². The van der Waals surface area contributed by atoms with Crippen molar-refractivity contribution in [2.24, 2.45) is 33.5 Å². The van der Waals surface area contributed by atoms with E-state index in [2.05, 4.69) is 15.6 Å². The quantitative estimate of drug-likeness (QED) is 0.0688. The van der Waals surface area contributed by atoms with Crippen molar-refractivity contribution in [3.8, 4) is 11.5 Å². The third-order valence-corrected chi connectivity index (χ3v) is 9.97. The predicted molar refractivity (Wildman–Crippen MR) is 162 cm³/mol. The number of amidine groups is 2. The van der Waals surface area contributed by atoms with Crippen LogP contribution in [0.1, 0.15) is 11.1 Å². The van der Waals surface area contributed by atoms with Gasteiger partial charge in [-0.25, -0.2) is 22.7 Å². The van der Waals surface area contributed by atoms with Crippen molar-refractivity contribution >= 4 is 31.7 Å². The summed E-state index contributed by atoms with van der Waals surface area (Å²) in [4.78, 5) is -0.0352. The number of hydrogen-bond acceptors (Lipinski definition) is 11. The van der Waals surface area contributed by atoms with Gasteiger partial charge in [0.25, 0.3) is 0 Å². The standard InChI is InChI=1S/C26H35N9O6S2/c1-40-21-7-11-23(12-8-21)42(36,37)34(17-25(27)31-28)15-19-5-3-4-6-20(19)16-35(18-26(32-29)33-30)43(38,39)24-13-9-22(41-2)10-14-24/h3-14H,15-18,28-30H2,1-2H3,(H2,27,31)(H,32,33). The largest absolute Gasteiger partial charge is 0.497 e. The maximum absolute atomic E-state index is 13.8. The van der Waals surface area contributed by atoms with Gasteiger partial charge in [-0.15, -0.1) is 0 Å². The van der Waals surface area contributed by atoms with Crippen LogP contribution in [0.5, 0.6) is 11.5 Å². The molecule has 0 amide bonds. The lowest BCUT2D eigenvalue weighted by molar-refractivity contribution is 0.413. The average Bonchev–Trinajstić information content (AvgIpc) is 3.03. The zero-order valence-corrected chi connectivity index (χ0v) is 25.3. The fourth-order valence-corrected chi connectivity index (χ4v) is 6.77. The second-order valence-electron chi connectivity index (χ2n) is 9.01. The van der Waals surface area contributed by atoms with Crippen molar-refractivity contribution in [2.45, 2.75) is 22.9 Å². The second kappa shape index (κ2) is 14.7. The molecule has 0 bridgehead atoms. The van der Waals surface area contributed by atoms with E-state index in [1.54, 1.807) is 24.3 Å². The molecular formula is C26H35N9O6S2. The Labute approximate surface area is 250 Å². The molecule has 0 radical (unpaired) electrons. The maximum Gasteiger partial charge on any atom is 0.243 e. The van der Waals surface area contributed by atoms with E-state index >= 15 is 0 Å². The lowest BCUT2D eigenvalue weighted by atomic mass is 10.1. The molecule has 15 nitrogen and oxygen atoms in total. The first kappa shape index (κ1) is 33.1. The molecule has 0 aromatic heterocycles. The van der Waals surface area contributed by atoms with Crippen LogP contribution in [0.2, 0.25) is 0 Å². The number of hydrazone groups is 2. The van der Waals surface area contributed by atoms with Crippen LogP contribution in [0.15, 0.2) is 92.8 Å². The van der Waals surface area contributed by atoms with Gasteiger partial charge in [0.1, 0.15) is 17.3 Å². The Hall–Kier alpha value is -4.42. The Bertz CT molecular complexity index is 1650. The Morgan fingerprint density at radius 1 is 0.721 bits per heavy atom. The summed E-state index contributed by atoms with van der Waals surface area (Å²) in [6.07, 6.45) is 0. The number of hydrogen-bond donors (Lipinski definition) is 5. The second-order valence-corrected chi connectivity index (χ2v) is 12.9. The van der Waals surface area contributed by atoms with Crippen molar-refractivity contribution in [1.29, 1.82) is 0 Å². The van der Waals surface area contributed by atoms with Crippen LogP contribution in [0.25, 0.3) is 0 Å². The average molecular weight is 634 g/mol. The Morgan fingerprint density at radius 2 is 1.14 bits per heavy atom. The van der Waals surface area contributed by atoms with E-state index in [1.165, 1.54) is 62.8 Å². The van der Waals surface area contributed by atoms with Crippen LogP contribution in [0, 0.1) is 0 Å². The van der Waals surface area contributed by atoms with E-state index in [-0.39, 0.29) is 47.6 Å². The molecule has 17 heteroatoms. The van der Waals surface area contributed by atoms with Gasteiger partial charge >= 0.3 is 0 Å². The van der Waals surface area contributed by atoms with Crippen LogP contribution in [-0.4, -0.2) is 64.4 Å². The Kier molecular flexibility index (Phi) is 11.3. The summed E-state index contributed by atoms with van der Waals surface area (Å²) in [6, 6.07) is 18.4. The summed E-state index contributed by atoms with van der Waals surface area (Å²) in [6.45, 7) is -1.02. The van der Waals surface area contributed by atoms with Gasteiger partial charge in [-0.05, 0) is 59.7 Å². The van der Waals surface area contributed by atoms with E-state index in [9.17, 15) is 16.8 Å². The number of nitrogens with one attached hydrogen (secondary N) is 1. The first-order valence-corrected chi connectivity index (χ1v) is 15.5. The number of sulfonamides is 2. The van der Waals surface area contributed by atoms with Crippen LogP contribution in [-0.2, 0) is 33.1 Å². The first-order chi connectivity index (χ1) is 20.5. The Balaban J connectivity index is 2.04. The van der Waals surface area contributed by atoms with Crippen LogP contribution >= 0.6 is 0 Å². The zero-order chi connectivity index (χ0) is 31.6. The van der Waals surface area contributed by atoms with E-state index in [0.717, 1.165) is 8.61 Å². The van der Waals surface area contributed by atoms with Crippen LogP contribution < -0.4 is 38.2 Å². The van der Waals surface area contributed by atoms with Gasteiger partial charge in [-0.1, -0.05) is 24.3 Å². The highest BCUT2D eigenvalue weighted by Gasteiger charge is 2.29. The molecule has 0 saturated carbocycles. The van der Waals surface area contributed by atoms with E-state index in [0.29, 0.717) is 22.6 Å². The lowest BCUT2D eigenvalue weighted by Crippen LogP contribution is -2.43. The number of methoxy groups -OCH3 is 2. The summed E-state index contributed by atoms with van der Waals surface area (Å²) in [5.74, 6) is 17.1. The summed E-state index contributed by atoms with van der Waals surface area (Å²) >= 11 is 0. The zero-order valence-electron chi connectivity index (χ0n) is 23.6. The first-order valence-electron chi connectivity index (χ1n) is 12.6. The smallest absolute Gasteiger partial charge is 0.243 e. The minimum atomic E-state index is -4.14. The monoisotopic (exact) mass is 633 g/mol. The molecule has 3 aromatic carbocycles.